The summed E-state index contributed by atoms with van der Waals surface area (Å²) in [5, 5.41) is 7.43. The molecular formula is C19H9F6N5OS. The van der Waals surface area contributed by atoms with Gasteiger partial charge in [0.1, 0.15) is 17.2 Å². The number of aromatic nitrogens is 4. The number of nitrogens with zero attached hydrogens (tertiary/aromatic N) is 4. The third kappa shape index (κ3) is 4.06. The Bertz CT molecular complexity index is 1290. The van der Waals surface area contributed by atoms with Crippen LogP contribution in [0.5, 0.6) is 0 Å². The van der Waals surface area contributed by atoms with Crippen LogP contribution in [0.25, 0.3) is 16.3 Å². The van der Waals surface area contributed by atoms with Gasteiger partial charge in [-0.1, -0.05) is 0 Å². The maximum Gasteiger partial charge on any atom is 0.435 e. The van der Waals surface area contributed by atoms with Crippen LogP contribution in [0.1, 0.15) is 16.1 Å². The molecule has 6 nitrogen and oxygen atoms in total. The number of halogens is 6. The molecule has 3 aromatic heterocycles. The van der Waals surface area contributed by atoms with Crippen molar-refractivity contribution in [2.75, 3.05) is 5.32 Å². The third-order valence-corrected chi connectivity index (χ3v) is 4.95. The van der Waals surface area contributed by atoms with Gasteiger partial charge >= 0.3 is 6.18 Å². The Morgan fingerprint density at radius 1 is 1.03 bits per heavy atom. The number of thiazole rings is 1. The zero-order valence-corrected chi connectivity index (χ0v) is 16.3. The summed E-state index contributed by atoms with van der Waals surface area (Å²) in [4.78, 5) is 19.8. The predicted octanol–water partition coefficient (Wildman–Crippen LogP) is 5.08. The molecule has 0 aliphatic heterocycles. The highest BCUT2D eigenvalue weighted by Crippen LogP contribution is 2.36. The second-order valence-corrected chi connectivity index (χ2v) is 7.13. The molecule has 3 heterocycles. The van der Waals surface area contributed by atoms with Crippen LogP contribution < -0.4 is 5.32 Å². The lowest BCUT2D eigenvalue weighted by molar-refractivity contribution is -0.140. The molecule has 164 valence electrons. The topological polar surface area (TPSA) is 72.7 Å². The summed E-state index contributed by atoms with van der Waals surface area (Å²) in [6.45, 7) is 0. The van der Waals surface area contributed by atoms with Crippen LogP contribution in [-0.2, 0) is 6.18 Å². The molecule has 1 amide bonds. The number of amides is 1. The van der Waals surface area contributed by atoms with Crippen molar-refractivity contribution in [3.8, 4) is 16.3 Å². The van der Waals surface area contributed by atoms with Gasteiger partial charge in [-0.3, -0.25) is 4.79 Å². The SMILES string of the molecule is O=C(Nc1ccc(-c2cn(-c3nccs3)nc2C(F)(F)F)cn1)c1c(F)ccc(F)c1F. The zero-order chi connectivity index (χ0) is 23.0. The third-order valence-electron chi connectivity index (χ3n) is 4.19. The lowest BCUT2D eigenvalue weighted by Gasteiger charge is -2.08. The van der Waals surface area contributed by atoms with Crippen molar-refractivity contribution in [2.24, 2.45) is 0 Å². The molecule has 4 aromatic rings. The van der Waals surface area contributed by atoms with E-state index in [0.29, 0.717) is 12.1 Å². The summed E-state index contributed by atoms with van der Waals surface area (Å²) in [6.07, 6.45) is -1.20. The molecule has 0 aliphatic rings. The van der Waals surface area contributed by atoms with E-state index in [0.717, 1.165) is 34.5 Å². The fraction of sp³-hybridized carbons (Fsp3) is 0.0526. The monoisotopic (exact) mass is 469 g/mol. The highest BCUT2D eigenvalue weighted by molar-refractivity contribution is 7.12. The van der Waals surface area contributed by atoms with Gasteiger partial charge in [0, 0.05) is 35.1 Å². The van der Waals surface area contributed by atoms with Crippen LogP contribution in [0.2, 0.25) is 0 Å². The second kappa shape index (κ2) is 8.07. The minimum Gasteiger partial charge on any atom is -0.306 e. The minimum absolute atomic E-state index is 0.0150. The van der Waals surface area contributed by atoms with E-state index < -0.39 is 40.8 Å². The van der Waals surface area contributed by atoms with Crippen molar-refractivity contribution < 1.29 is 31.1 Å². The maximum atomic E-state index is 13.8. The zero-order valence-electron chi connectivity index (χ0n) is 15.5. The predicted molar refractivity (Wildman–Crippen MR) is 102 cm³/mol. The van der Waals surface area contributed by atoms with E-state index >= 15 is 0 Å². The first-order valence-electron chi connectivity index (χ1n) is 8.63. The molecule has 1 aromatic carbocycles. The van der Waals surface area contributed by atoms with Gasteiger partial charge in [-0.25, -0.2) is 27.8 Å². The van der Waals surface area contributed by atoms with Crippen molar-refractivity contribution in [2.45, 2.75) is 6.18 Å². The summed E-state index contributed by atoms with van der Waals surface area (Å²) >= 11 is 1.09. The lowest BCUT2D eigenvalue weighted by Crippen LogP contribution is -2.17. The Morgan fingerprint density at radius 3 is 2.41 bits per heavy atom. The minimum atomic E-state index is -4.77. The first-order valence-corrected chi connectivity index (χ1v) is 9.51. The van der Waals surface area contributed by atoms with Crippen LogP contribution in [0.3, 0.4) is 0 Å². The normalized spacial score (nSPS) is 11.6. The highest BCUT2D eigenvalue weighted by atomic mass is 32.1. The van der Waals surface area contributed by atoms with Crippen LogP contribution in [-0.4, -0.2) is 25.7 Å². The average Bonchev–Trinajstić information content (AvgIpc) is 3.41. The van der Waals surface area contributed by atoms with Crippen molar-refractivity contribution in [3.63, 3.8) is 0 Å². The van der Waals surface area contributed by atoms with Gasteiger partial charge in [0.05, 0.1) is 0 Å². The second-order valence-electron chi connectivity index (χ2n) is 6.25. The number of benzene rings is 1. The molecule has 4 rings (SSSR count). The molecule has 0 radical (unpaired) electrons. The van der Waals surface area contributed by atoms with Gasteiger partial charge in [-0.2, -0.15) is 18.3 Å². The summed E-state index contributed by atoms with van der Waals surface area (Å²) in [6, 6.07) is 3.45. The Kier molecular flexibility index (Phi) is 5.42. The van der Waals surface area contributed by atoms with E-state index in [-0.39, 0.29) is 22.1 Å². The van der Waals surface area contributed by atoms with Gasteiger partial charge in [0.15, 0.2) is 17.3 Å². The molecule has 0 saturated carbocycles. The summed E-state index contributed by atoms with van der Waals surface area (Å²) in [5.41, 5.74) is -2.60. The molecule has 13 heteroatoms. The van der Waals surface area contributed by atoms with Gasteiger partial charge in [0.2, 0.25) is 5.13 Å². The molecule has 32 heavy (non-hydrogen) atoms. The summed E-state index contributed by atoms with van der Waals surface area (Å²) in [5.74, 6) is -5.92. The number of hydrogen-bond donors (Lipinski definition) is 1. The highest BCUT2D eigenvalue weighted by Gasteiger charge is 2.38. The number of alkyl halides is 3. The standard InChI is InChI=1S/C19H9F6N5OS/c20-11-2-3-12(21)15(22)14(11)17(31)28-13-4-1-9(7-27-13)10-8-30(18-26-5-6-32-18)29-16(10)19(23,24)25/h1-8H,(H,27,28,31). The van der Waals surface area contributed by atoms with Gasteiger partial charge in [0.25, 0.3) is 5.91 Å². The van der Waals surface area contributed by atoms with Crippen molar-refractivity contribution in [3.05, 3.63) is 76.9 Å². The number of pyridine rings is 1. The van der Waals surface area contributed by atoms with Crippen molar-refractivity contribution in [1.82, 2.24) is 19.7 Å². The van der Waals surface area contributed by atoms with E-state index in [1.54, 1.807) is 5.38 Å². The Hall–Kier alpha value is -3.74. The molecular weight excluding hydrogens is 460 g/mol. The first kappa shape index (κ1) is 21.5. The number of nitrogens with one attached hydrogen (secondary N) is 1. The molecule has 0 fully saturated rings. The van der Waals surface area contributed by atoms with E-state index in [4.69, 9.17) is 0 Å². The van der Waals surface area contributed by atoms with E-state index in [9.17, 15) is 31.1 Å². The lowest BCUT2D eigenvalue weighted by atomic mass is 10.1. The largest absolute Gasteiger partial charge is 0.435 e. The van der Waals surface area contributed by atoms with Gasteiger partial charge < -0.3 is 5.32 Å². The summed E-state index contributed by atoms with van der Waals surface area (Å²) < 4.78 is 82.2. The van der Waals surface area contributed by atoms with E-state index in [1.165, 1.54) is 12.3 Å². The number of hydrogen-bond acceptors (Lipinski definition) is 5. The fourth-order valence-corrected chi connectivity index (χ4v) is 3.33. The number of carbonyl (C=O) groups excluding carboxylic acids is 1. The molecule has 0 saturated heterocycles. The van der Waals surface area contributed by atoms with Crippen LogP contribution in [0.4, 0.5) is 32.2 Å². The van der Waals surface area contributed by atoms with Gasteiger partial charge in [-0.05, 0) is 24.3 Å². The van der Waals surface area contributed by atoms with E-state index in [2.05, 4.69) is 20.4 Å². The fourth-order valence-electron chi connectivity index (χ4n) is 2.76. The van der Waals surface area contributed by atoms with Gasteiger partial charge in [-0.15, -0.1) is 11.3 Å². The smallest absolute Gasteiger partial charge is 0.306 e. The molecule has 0 aliphatic carbocycles. The Balaban J connectivity index is 1.64. The number of rotatable bonds is 4. The van der Waals surface area contributed by atoms with Crippen LogP contribution in [0.15, 0.2) is 48.2 Å². The van der Waals surface area contributed by atoms with Crippen molar-refractivity contribution in [1.29, 1.82) is 0 Å². The Labute approximate surface area is 179 Å². The molecule has 1 N–H and O–H groups in total. The van der Waals surface area contributed by atoms with E-state index in [1.807, 2.05) is 0 Å². The Morgan fingerprint density at radius 2 is 1.78 bits per heavy atom. The molecule has 0 atom stereocenters. The first-order chi connectivity index (χ1) is 15.1. The molecule has 0 bridgehead atoms. The molecule has 0 spiro atoms. The summed E-state index contributed by atoms with van der Waals surface area (Å²) in [7, 11) is 0. The van der Waals surface area contributed by atoms with Crippen molar-refractivity contribution >= 4 is 23.1 Å². The number of carbonyl (C=O) groups is 1. The van der Waals surface area contributed by atoms with Crippen LogP contribution >= 0.6 is 11.3 Å². The molecule has 0 unspecified atom stereocenters. The van der Waals surface area contributed by atoms with Crippen LogP contribution in [0, 0.1) is 17.5 Å². The average molecular weight is 469 g/mol. The number of anilines is 1. The quantitative estimate of drug-likeness (QED) is 0.334. The maximum absolute atomic E-state index is 13.8.